The third-order valence-electron chi connectivity index (χ3n) is 3.65. The number of hydrogen-bond donors (Lipinski definition) is 1. The molecule has 1 aromatic heterocycles. The van der Waals surface area contributed by atoms with Gasteiger partial charge in [-0.15, -0.1) is 0 Å². The molecule has 1 atom stereocenters. The molecule has 0 aliphatic heterocycles. The van der Waals surface area contributed by atoms with Crippen molar-refractivity contribution in [2.75, 3.05) is 11.9 Å². The molecular formula is C15H19N3S. The first-order chi connectivity index (χ1) is 9.36. The van der Waals surface area contributed by atoms with Gasteiger partial charge in [0.25, 0.3) is 0 Å². The second-order valence-electron chi connectivity index (χ2n) is 5.13. The fourth-order valence-electron chi connectivity index (χ4n) is 2.25. The molecule has 1 aliphatic carbocycles. The van der Waals surface area contributed by atoms with E-state index in [2.05, 4.69) is 51.9 Å². The van der Waals surface area contributed by atoms with Crippen LogP contribution in [-0.4, -0.2) is 15.9 Å². The van der Waals surface area contributed by atoms with Crippen LogP contribution in [0.1, 0.15) is 49.4 Å². The third kappa shape index (κ3) is 3.13. The normalized spacial score (nSPS) is 16.3. The summed E-state index contributed by atoms with van der Waals surface area (Å²) < 4.78 is 4.42. The van der Waals surface area contributed by atoms with Gasteiger partial charge in [-0.05, 0) is 24.8 Å². The van der Waals surface area contributed by atoms with Crippen LogP contribution in [0.3, 0.4) is 0 Å². The Labute approximate surface area is 118 Å². The summed E-state index contributed by atoms with van der Waals surface area (Å²) in [5.74, 6) is 2.22. The van der Waals surface area contributed by atoms with Gasteiger partial charge in [0.1, 0.15) is 5.82 Å². The number of nitrogens with one attached hydrogen (secondary N) is 1. The molecule has 1 unspecified atom stereocenters. The molecular weight excluding hydrogens is 254 g/mol. The number of hydrogen-bond acceptors (Lipinski definition) is 4. The number of nitrogens with zero attached hydrogens (tertiary/aromatic N) is 2. The summed E-state index contributed by atoms with van der Waals surface area (Å²) in [4.78, 5) is 4.57. The van der Waals surface area contributed by atoms with E-state index in [1.54, 1.807) is 0 Å². The van der Waals surface area contributed by atoms with Crippen LogP contribution in [0.4, 0.5) is 5.13 Å². The van der Waals surface area contributed by atoms with Gasteiger partial charge in [-0.3, -0.25) is 0 Å². The Bertz CT molecular complexity index is 519. The van der Waals surface area contributed by atoms with Crippen LogP contribution in [-0.2, 0) is 0 Å². The van der Waals surface area contributed by atoms with Gasteiger partial charge in [-0.25, -0.2) is 4.98 Å². The van der Waals surface area contributed by atoms with Crippen molar-refractivity contribution in [3.05, 3.63) is 41.7 Å². The maximum atomic E-state index is 4.57. The molecule has 1 aromatic carbocycles. The summed E-state index contributed by atoms with van der Waals surface area (Å²) in [5.41, 5.74) is 1.39. The highest BCUT2D eigenvalue weighted by atomic mass is 32.1. The largest absolute Gasteiger partial charge is 0.360 e. The van der Waals surface area contributed by atoms with E-state index in [-0.39, 0.29) is 0 Å². The molecule has 19 heavy (non-hydrogen) atoms. The summed E-state index contributed by atoms with van der Waals surface area (Å²) in [5, 5.41) is 4.41. The van der Waals surface area contributed by atoms with Crippen LogP contribution in [0, 0.1) is 0 Å². The lowest BCUT2D eigenvalue weighted by molar-refractivity contribution is 0.694. The Morgan fingerprint density at radius 2 is 2.11 bits per heavy atom. The van der Waals surface area contributed by atoms with Crippen LogP contribution in [0.5, 0.6) is 0 Å². The van der Waals surface area contributed by atoms with Gasteiger partial charge in [0.2, 0.25) is 5.13 Å². The van der Waals surface area contributed by atoms with Crippen molar-refractivity contribution in [2.24, 2.45) is 0 Å². The van der Waals surface area contributed by atoms with Crippen molar-refractivity contribution < 1.29 is 0 Å². The molecule has 0 radical (unpaired) electrons. The minimum Gasteiger partial charge on any atom is -0.360 e. The number of rotatable bonds is 6. The van der Waals surface area contributed by atoms with Crippen LogP contribution in [0.2, 0.25) is 0 Å². The van der Waals surface area contributed by atoms with Crippen LogP contribution in [0.25, 0.3) is 0 Å². The van der Waals surface area contributed by atoms with E-state index in [1.807, 2.05) is 0 Å². The molecule has 1 saturated carbocycles. The fourth-order valence-corrected chi connectivity index (χ4v) is 2.90. The van der Waals surface area contributed by atoms with Crippen LogP contribution >= 0.6 is 11.5 Å². The number of aromatic nitrogens is 2. The molecule has 0 saturated heterocycles. The lowest BCUT2D eigenvalue weighted by Gasteiger charge is -2.15. The summed E-state index contributed by atoms with van der Waals surface area (Å²) >= 11 is 1.49. The SMILES string of the molecule is CCC(CNc1nc(C2CC2)ns1)c1ccccc1. The molecule has 3 rings (SSSR count). The fraction of sp³-hybridized carbons (Fsp3) is 0.467. The van der Waals surface area contributed by atoms with Gasteiger partial charge in [-0.2, -0.15) is 4.37 Å². The lowest BCUT2D eigenvalue weighted by Crippen LogP contribution is -2.11. The van der Waals surface area contributed by atoms with Gasteiger partial charge in [0, 0.05) is 29.9 Å². The van der Waals surface area contributed by atoms with Gasteiger partial charge in [-0.1, -0.05) is 37.3 Å². The molecule has 1 heterocycles. The Kier molecular flexibility index (Phi) is 3.78. The van der Waals surface area contributed by atoms with E-state index in [1.165, 1.54) is 29.9 Å². The first-order valence-corrected chi connectivity index (χ1v) is 7.76. The third-order valence-corrected chi connectivity index (χ3v) is 4.33. The van der Waals surface area contributed by atoms with Gasteiger partial charge in [0.15, 0.2) is 0 Å². The van der Waals surface area contributed by atoms with Gasteiger partial charge < -0.3 is 5.32 Å². The Balaban J connectivity index is 1.60. The summed E-state index contributed by atoms with van der Waals surface area (Å²) in [7, 11) is 0. The van der Waals surface area contributed by atoms with Crippen molar-refractivity contribution in [2.45, 2.75) is 38.0 Å². The second-order valence-corrected chi connectivity index (χ2v) is 5.88. The molecule has 3 nitrogen and oxygen atoms in total. The van der Waals surface area contributed by atoms with E-state index in [0.717, 1.165) is 23.9 Å². The average Bonchev–Trinajstić information content (AvgIpc) is 3.20. The molecule has 100 valence electrons. The van der Waals surface area contributed by atoms with Crippen molar-refractivity contribution in [1.82, 2.24) is 9.36 Å². The lowest BCUT2D eigenvalue weighted by atomic mass is 9.97. The second kappa shape index (κ2) is 5.70. The molecule has 0 amide bonds. The Hall–Kier alpha value is -1.42. The van der Waals surface area contributed by atoms with E-state index in [0.29, 0.717) is 11.8 Å². The topological polar surface area (TPSA) is 37.8 Å². The number of anilines is 1. The average molecular weight is 273 g/mol. The molecule has 0 bridgehead atoms. The van der Waals surface area contributed by atoms with Crippen molar-refractivity contribution in [3.63, 3.8) is 0 Å². The maximum absolute atomic E-state index is 4.57. The van der Waals surface area contributed by atoms with Gasteiger partial charge in [0.05, 0.1) is 0 Å². The molecule has 0 spiro atoms. The first-order valence-electron chi connectivity index (χ1n) is 6.99. The van der Waals surface area contributed by atoms with Crippen molar-refractivity contribution in [1.29, 1.82) is 0 Å². The Morgan fingerprint density at radius 1 is 1.32 bits per heavy atom. The monoisotopic (exact) mass is 273 g/mol. The highest BCUT2D eigenvalue weighted by Gasteiger charge is 2.27. The zero-order chi connectivity index (χ0) is 13.1. The standard InChI is InChI=1S/C15H19N3S/c1-2-11(12-6-4-3-5-7-12)10-16-15-17-14(18-19-15)13-8-9-13/h3-7,11,13H,2,8-10H2,1H3,(H,16,17,18). The van der Waals surface area contributed by atoms with Crippen LogP contribution in [0.15, 0.2) is 30.3 Å². The highest BCUT2D eigenvalue weighted by Crippen LogP contribution is 2.39. The molecule has 2 aromatic rings. The van der Waals surface area contributed by atoms with E-state index in [4.69, 9.17) is 0 Å². The predicted molar refractivity (Wildman–Crippen MR) is 79.8 cm³/mol. The van der Waals surface area contributed by atoms with E-state index < -0.39 is 0 Å². The smallest absolute Gasteiger partial charge is 0.202 e. The maximum Gasteiger partial charge on any atom is 0.202 e. The number of benzene rings is 1. The quantitative estimate of drug-likeness (QED) is 0.863. The molecule has 1 N–H and O–H groups in total. The molecule has 1 fully saturated rings. The molecule has 1 aliphatic rings. The minimum absolute atomic E-state index is 0.537. The zero-order valence-corrected chi connectivity index (χ0v) is 12.0. The van der Waals surface area contributed by atoms with Crippen molar-refractivity contribution in [3.8, 4) is 0 Å². The van der Waals surface area contributed by atoms with Crippen LogP contribution < -0.4 is 5.32 Å². The summed E-state index contributed by atoms with van der Waals surface area (Å²) in [6, 6.07) is 10.7. The Morgan fingerprint density at radius 3 is 2.79 bits per heavy atom. The summed E-state index contributed by atoms with van der Waals surface area (Å²) in [6.07, 6.45) is 3.65. The van der Waals surface area contributed by atoms with E-state index in [9.17, 15) is 0 Å². The van der Waals surface area contributed by atoms with E-state index >= 15 is 0 Å². The predicted octanol–water partition coefficient (Wildman–Crippen LogP) is 4.02. The first kappa shape index (κ1) is 12.6. The minimum atomic E-state index is 0.537. The van der Waals surface area contributed by atoms with Gasteiger partial charge >= 0.3 is 0 Å². The zero-order valence-electron chi connectivity index (χ0n) is 11.2. The summed E-state index contributed by atoms with van der Waals surface area (Å²) in [6.45, 7) is 3.16. The molecule has 4 heteroatoms. The highest BCUT2D eigenvalue weighted by molar-refractivity contribution is 7.09. The van der Waals surface area contributed by atoms with Crippen molar-refractivity contribution >= 4 is 16.7 Å².